The van der Waals surface area contributed by atoms with E-state index in [-0.39, 0.29) is 18.0 Å². The van der Waals surface area contributed by atoms with Crippen LogP contribution in [0.2, 0.25) is 0 Å². The maximum absolute atomic E-state index is 12.8. The molecule has 0 unspecified atom stereocenters. The minimum absolute atomic E-state index is 0.00826. The van der Waals surface area contributed by atoms with Crippen molar-refractivity contribution < 1.29 is 9.53 Å². The van der Waals surface area contributed by atoms with Gasteiger partial charge in [-0.2, -0.15) is 5.21 Å². The SMILES string of the molecule is O=C(N[C@H]1COC[C@@H]1N1CCCC1)c1ccccc1-c1nn[nH]n1. The van der Waals surface area contributed by atoms with Crippen molar-refractivity contribution in [1.29, 1.82) is 0 Å². The Bertz CT molecular complexity index is 698. The van der Waals surface area contributed by atoms with Gasteiger partial charge in [-0.15, -0.1) is 10.2 Å². The number of rotatable bonds is 4. The van der Waals surface area contributed by atoms with Crippen LogP contribution in [0.3, 0.4) is 0 Å². The second-order valence-electron chi connectivity index (χ2n) is 6.21. The Hall–Kier alpha value is -2.32. The molecule has 1 aromatic heterocycles. The molecule has 1 aromatic carbocycles. The molecule has 2 aliphatic heterocycles. The lowest BCUT2D eigenvalue weighted by atomic mass is 10.0. The van der Waals surface area contributed by atoms with E-state index in [9.17, 15) is 4.79 Å². The highest BCUT2D eigenvalue weighted by atomic mass is 16.5. The van der Waals surface area contributed by atoms with E-state index < -0.39 is 0 Å². The van der Waals surface area contributed by atoms with Crippen LogP contribution in [0.15, 0.2) is 24.3 Å². The largest absolute Gasteiger partial charge is 0.378 e. The van der Waals surface area contributed by atoms with Crippen LogP contribution in [0.25, 0.3) is 11.4 Å². The van der Waals surface area contributed by atoms with Crippen LogP contribution in [0, 0.1) is 0 Å². The first-order chi connectivity index (χ1) is 11.8. The van der Waals surface area contributed by atoms with E-state index in [0.29, 0.717) is 30.2 Å². The second kappa shape index (κ2) is 6.66. The number of likely N-dealkylation sites (tertiary alicyclic amines) is 1. The number of hydrogen-bond acceptors (Lipinski definition) is 6. The number of aromatic nitrogens is 4. The van der Waals surface area contributed by atoms with Gasteiger partial charge in [-0.05, 0) is 37.2 Å². The number of tetrazole rings is 1. The molecule has 2 aromatic rings. The Morgan fingerprint density at radius 3 is 2.88 bits per heavy atom. The Morgan fingerprint density at radius 1 is 1.25 bits per heavy atom. The number of carbonyl (C=O) groups excluding carboxylic acids is 1. The van der Waals surface area contributed by atoms with Crippen molar-refractivity contribution in [2.75, 3.05) is 26.3 Å². The summed E-state index contributed by atoms with van der Waals surface area (Å²) < 4.78 is 5.63. The molecule has 126 valence electrons. The predicted molar refractivity (Wildman–Crippen MR) is 86.3 cm³/mol. The Morgan fingerprint density at radius 2 is 2.08 bits per heavy atom. The quantitative estimate of drug-likeness (QED) is 0.846. The van der Waals surface area contributed by atoms with Crippen LogP contribution in [0.4, 0.5) is 0 Å². The van der Waals surface area contributed by atoms with Crippen LogP contribution >= 0.6 is 0 Å². The maximum Gasteiger partial charge on any atom is 0.252 e. The predicted octanol–water partition coefficient (Wildman–Crippen LogP) is 0.460. The van der Waals surface area contributed by atoms with Crippen LogP contribution in [-0.4, -0.2) is 69.8 Å². The van der Waals surface area contributed by atoms with Gasteiger partial charge in [0.15, 0.2) is 0 Å². The van der Waals surface area contributed by atoms with Gasteiger partial charge in [0.1, 0.15) is 0 Å². The number of aromatic amines is 1. The first-order valence-corrected chi connectivity index (χ1v) is 8.28. The van der Waals surface area contributed by atoms with Gasteiger partial charge >= 0.3 is 0 Å². The van der Waals surface area contributed by atoms with E-state index in [1.165, 1.54) is 12.8 Å². The Balaban J connectivity index is 1.52. The maximum atomic E-state index is 12.8. The van der Waals surface area contributed by atoms with Gasteiger partial charge in [-0.25, -0.2) is 0 Å². The standard InChI is InChI=1S/C16H20N6O2/c23-16(12-6-2-1-5-11(12)15-18-20-21-19-15)17-13-9-24-10-14(13)22-7-3-4-8-22/h1-2,5-6,13-14H,3-4,7-10H2,(H,17,23)(H,18,19,20,21)/t13-,14-/m0/s1. The molecule has 2 aliphatic rings. The molecular formula is C16H20N6O2. The van der Waals surface area contributed by atoms with Crippen LogP contribution in [-0.2, 0) is 4.74 Å². The summed E-state index contributed by atoms with van der Waals surface area (Å²) in [7, 11) is 0. The third-order valence-corrected chi connectivity index (χ3v) is 4.73. The second-order valence-corrected chi connectivity index (χ2v) is 6.21. The monoisotopic (exact) mass is 328 g/mol. The fourth-order valence-corrected chi connectivity index (χ4v) is 3.51. The molecule has 0 bridgehead atoms. The lowest BCUT2D eigenvalue weighted by molar-refractivity contribution is 0.0917. The molecule has 0 aliphatic carbocycles. The first kappa shape index (κ1) is 15.2. The summed E-state index contributed by atoms with van der Waals surface area (Å²) in [6, 6.07) is 7.56. The normalized spacial score (nSPS) is 24.3. The van der Waals surface area contributed by atoms with Crippen LogP contribution < -0.4 is 5.32 Å². The first-order valence-electron chi connectivity index (χ1n) is 8.28. The highest BCUT2D eigenvalue weighted by Crippen LogP contribution is 2.22. The molecule has 8 heteroatoms. The molecule has 3 heterocycles. The number of ether oxygens (including phenoxy) is 1. The van der Waals surface area contributed by atoms with E-state index >= 15 is 0 Å². The fourth-order valence-electron chi connectivity index (χ4n) is 3.51. The highest BCUT2D eigenvalue weighted by Gasteiger charge is 2.35. The number of carbonyl (C=O) groups is 1. The smallest absolute Gasteiger partial charge is 0.252 e. The molecule has 4 rings (SSSR count). The molecule has 0 spiro atoms. The van der Waals surface area contributed by atoms with Gasteiger partial charge < -0.3 is 10.1 Å². The highest BCUT2D eigenvalue weighted by molar-refractivity contribution is 6.00. The van der Waals surface area contributed by atoms with Crippen LogP contribution in [0.5, 0.6) is 0 Å². The molecular weight excluding hydrogens is 308 g/mol. The Kier molecular flexibility index (Phi) is 4.22. The molecule has 0 radical (unpaired) electrons. The zero-order valence-electron chi connectivity index (χ0n) is 13.3. The van der Waals surface area contributed by atoms with E-state index in [4.69, 9.17) is 4.74 Å². The summed E-state index contributed by atoms with van der Waals surface area (Å²) in [5, 5.41) is 17.1. The van der Waals surface area contributed by atoms with Gasteiger partial charge in [-0.1, -0.05) is 18.2 Å². The van der Waals surface area contributed by atoms with Crippen molar-refractivity contribution in [1.82, 2.24) is 30.8 Å². The fraction of sp³-hybridized carbons (Fsp3) is 0.500. The molecule has 2 fully saturated rings. The van der Waals surface area contributed by atoms with Crippen molar-refractivity contribution in [3.05, 3.63) is 29.8 Å². The number of hydrogen-bond donors (Lipinski definition) is 2. The number of benzene rings is 1. The third-order valence-electron chi connectivity index (χ3n) is 4.73. The molecule has 0 saturated carbocycles. The summed E-state index contributed by atoms with van der Waals surface area (Å²) in [4.78, 5) is 15.2. The van der Waals surface area contributed by atoms with Gasteiger partial charge in [0, 0.05) is 5.56 Å². The van der Waals surface area contributed by atoms with Gasteiger partial charge in [0.2, 0.25) is 5.82 Å². The van der Waals surface area contributed by atoms with Gasteiger partial charge in [0.25, 0.3) is 5.91 Å². The molecule has 2 saturated heterocycles. The van der Waals surface area contributed by atoms with Gasteiger partial charge in [0.05, 0.1) is 30.9 Å². The van der Waals surface area contributed by atoms with Crippen molar-refractivity contribution in [3.8, 4) is 11.4 Å². The number of nitrogens with one attached hydrogen (secondary N) is 2. The van der Waals surface area contributed by atoms with E-state index in [2.05, 4.69) is 30.8 Å². The van der Waals surface area contributed by atoms with Crippen molar-refractivity contribution >= 4 is 5.91 Å². The topological polar surface area (TPSA) is 96.0 Å². The number of H-pyrrole nitrogens is 1. The Labute approximate surface area is 139 Å². The molecule has 2 N–H and O–H groups in total. The molecule has 1 amide bonds. The number of nitrogens with zero attached hydrogens (tertiary/aromatic N) is 4. The summed E-state index contributed by atoms with van der Waals surface area (Å²) in [5.41, 5.74) is 1.21. The lowest BCUT2D eigenvalue weighted by Gasteiger charge is -2.28. The minimum Gasteiger partial charge on any atom is -0.378 e. The third kappa shape index (κ3) is 2.90. The molecule has 2 atom stereocenters. The summed E-state index contributed by atoms with van der Waals surface area (Å²) in [6.07, 6.45) is 2.44. The molecule has 8 nitrogen and oxygen atoms in total. The number of amides is 1. The minimum atomic E-state index is -0.130. The van der Waals surface area contributed by atoms with Crippen molar-refractivity contribution in [2.24, 2.45) is 0 Å². The average Bonchev–Trinajstić information content (AvgIpc) is 3.36. The van der Waals surface area contributed by atoms with E-state index in [1.807, 2.05) is 18.2 Å². The zero-order chi connectivity index (χ0) is 16.4. The van der Waals surface area contributed by atoms with Crippen LogP contribution in [0.1, 0.15) is 23.2 Å². The summed E-state index contributed by atoms with van der Waals surface area (Å²) in [6.45, 7) is 3.40. The summed E-state index contributed by atoms with van der Waals surface area (Å²) >= 11 is 0. The van der Waals surface area contributed by atoms with Crippen molar-refractivity contribution in [3.63, 3.8) is 0 Å². The molecule has 24 heavy (non-hydrogen) atoms. The average molecular weight is 328 g/mol. The van der Waals surface area contributed by atoms with Crippen molar-refractivity contribution in [2.45, 2.75) is 24.9 Å². The zero-order valence-corrected chi connectivity index (χ0v) is 13.3. The van der Waals surface area contributed by atoms with Gasteiger partial charge in [-0.3, -0.25) is 9.69 Å². The lowest BCUT2D eigenvalue weighted by Crippen LogP contribution is -2.50. The van der Waals surface area contributed by atoms with E-state index in [0.717, 1.165) is 13.1 Å². The van der Waals surface area contributed by atoms with E-state index in [1.54, 1.807) is 6.07 Å². The summed E-state index contributed by atoms with van der Waals surface area (Å²) in [5.74, 6) is 0.287.